The lowest BCUT2D eigenvalue weighted by Crippen LogP contribution is -2.20. The van der Waals surface area contributed by atoms with Crippen LogP contribution in [0.25, 0.3) is 0 Å². The summed E-state index contributed by atoms with van der Waals surface area (Å²) >= 11 is 1.59. The monoisotopic (exact) mass is 371 g/mol. The van der Waals surface area contributed by atoms with Gasteiger partial charge >= 0.3 is 0 Å². The first kappa shape index (κ1) is 18.6. The van der Waals surface area contributed by atoms with E-state index in [0.717, 1.165) is 53.2 Å². The van der Waals surface area contributed by atoms with Crippen LogP contribution >= 0.6 is 11.3 Å². The van der Waals surface area contributed by atoms with E-state index in [4.69, 9.17) is 0 Å². The second-order valence-electron chi connectivity index (χ2n) is 6.91. The summed E-state index contributed by atoms with van der Waals surface area (Å²) in [5, 5.41) is 5.96. The summed E-state index contributed by atoms with van der Waals surface area (Å²) in [6, 6.07) is 5.61. The van der Waals surface area contributed by atoms with Crippen molar-refractivity contribution in [1.82, 2.24) is 4.98 Å². The van der Waals surface area contributed by atoms with Crippen molar-refractivity contribution in [2.45, 2.75) is 52.4 Å². The molecule has 0 unspecified atom stereocenters. The second-order valence-corrected chi connectivity index (χ2v) is 7.85. The number of amides is 2. The highest BCUT2D eigenvalue weighted by Gasteiger charge is 2.22. The van der Waals surface area contributed by atoms with E-state index < -0.39 is 0 Å². The van der Waals surface area contributed by atoms with Crippen molar-refractivity contribution in [3.05, 3.63) is 39.8 Å². The molecule has 5 nitrogen and oxygen atoms in total. The predicted octanol–water partition coefficient (Wildman–Crippen LogP) is 4.46. The summed E-state index contributed by atoms with van der Waals surface area (Å²) in [5.74, 6) is 0.242. The van der Waals surface area contributed by atoms with Crippen molar-refractivity contribution in [2.75, 3.05) is 10.6 Å². The topological polar surface area (TPSA) is 71.1 Å². The van der Waals surface area contributed by atoms with Gasteiger partial charge in [-0.1, -0.05) is 12.8 Å². The van der Waals surface area contributed by atoms with E-state index in [1.807, 2.05) is 37.6 Å². The van der Waals surface area contributed by atoms with Crippen molar-refractivity contribution in [3.8, 4) is 0 Å². The molecule has 0 saturated heterocycles. The molecule has 1 aliphatic carbocycles. The molecule has 2 N–H and O–H groups in total. The third kappa shape index (κ3) is 4.69. The van der Waals surface area contributed by atoms with Gasteiger partial charge in [-0.05, 0) is 56.9 Å². The van der Waals surface area contributed by atoms with E-state index in [1.165, 1.54) is 0 Å². The zero-order valence-corrected chi connectivity index (χ0v) is 16.1. The SMILES string of the molecule is Cc1cc(NC(=O)CCc2scnc2C)ccc1NC(=O)C1CCCC1. The highest BCUT2D eigenvalue weighted by Crippen LogP contribution is 2.27. The van der Waals surface area contributed by atoms with E-state index in [0.29, 0.717) is 12.8 Å². The molecule has 26 heavy (non-hydrogen) atoms. The molecule has 1 aromatic carbocycles. The molecule has 0 radical (unpaired) electrons. The predicted molar refractivity (Wildman–Crippen MR) is 106 cm³/mol. The molecular formula is C20H25N3O2S. The van der Waals surface area contributed by atoms with Gasteiger partial charge in [-0.15, -0.1) is 11.3 Å². The molecule has 3 rings (SSSR count). The zero-order valence-electron chi connectivity index (χ0n) is 15.3. The number of hydrogen-bond acceptors (Lipinski definition) is 4. The van der Waals surface area contributed by atoms with E-state index in [9.17, 15) is 9.59 Å². The highest BCUT2D eigenvalue weighted by molar-refractivity contribution is 7.09. The first-order valence-corrected chi connectivity index (χ1v) is 10.0. The summed E-state index contributed by atoms with van der Waals surface area (Å²) in [6.45, 7) is 3.91. The second kappa shape index (κ2) is 8.45. The Balaban J connectivity index is 1.54. The van der Waals surface area contributed by atoms with Crippen LogP contribution in [0.3, 0.4) is 0 Å². The Morgan fingerprint density at radius 3 is 2.62 bits per heavy atom. The first-order chi connectivity index (χ1) is 12.5. The fourth-order valence-electron chi connectivity index (χ4n) is 3.32. The normalized spacial score (nSPS) is 14.4. The number of rotatable bonds is 6. The summed E-state index contributed by atoms with van der Waals surface area (Å²) in [7, 11) is 0. The molecule has 0 bridgehead atoms. The van der Waals surface area contributed by atoms with E-state index in [-0.39, 0.29) is 17.7 Å². The van der Waals surface area contributed by atoms with Gasteiger partial charge in [0.1, 0.15) is 0 Å². The Morgan fingerprint density at radius 1 is 1.19 bits per heavy atom. The lowest BCUT2D eigenvalue weighted by atomic mass is 10.1. The number of aryl methyl sites for hydroxylation is 3. The number of hydrogen-bond donors (Lipinski definition) is 2. The molecule has 138 valence electrons. The number of thiazole rings is 1. The molecule has 2 aromatic rings. The van der Waals surface area contributed by atoms with Crippen LogP contribution in [0.2, 0.25) is 0 Å². The molecule has 1 saturated carbocycles. The van der Waals surface area contributed by atoms with Crippen molar-refractivity contribution in [2.24, 2.45) is 5.92 Å². The number of aromatic nitrogens is 1. The minimum atomic E-state index is -0.0139. The molecule has 6 heteroatoms. The van der Waals surface area contributed by atoms with Crippen LogP contribution in [0, 0.1) is 19.8 Å². The van der Waals surface area contributed by atoms with Gasteiger partial charge in [-0.25, -0.2) is 4.98 Å². The number of carbonyl (C=O) groups excluding carboxylic acids is 2. The first-order valence-electron chi connectivity index (χ1n) is 9.13. The molecule has 0 atom stereocenters. The van der Waals surface area contributed by atoms with Crippen molar-refractivity contribution in [3.63, 3.8) is 0 Å². The number of nitrogens with zero attached hydrogens (tertiary/aromatic N) is 1. The Hall–Kier alpha value is -2.21. The maximum absolute atomic E-state index is 12.3. The van der Waals surface area contributed by atoms with Crippen LogP contribution in [-0.4, -0.2) is 16.8 Å². The van der Waals surface area contributed by atoms with Gasteiger partial charge in [0.25, 0.3) is 0 Å². The summed E-state index contributed by atoms with van der Waals surface area (Å²) in [6.07, 6.45) is 5.39. The largest absolute Gasteiger partial charge is 0.326 e. The molecule has 0 aliphatic heterocycles. The number of benzene rings is 1. The Morgan fingerprint density at radius 2 is 1.96 bits per heavy atom. The average molecular weight is 372 g/mol. The fourth-order valence-corrected chi connectivity index (χ4v) is 4.10. The van der Waals surface area contributed by atoms with Gasteiger partial charge in [0.2, 0.25) is 11.8 Å². The van der Waals surface area contributed by atoms with Crippen LogP contribution in [0.1, 0.15) is 48.2 Å². The smallest absolute Gasteiger partial charge is 0.227 e. The van der Waals surface area contributed by atoms with Gasteiger partial charge in [0, 0.05) is 28.6 Å². The minimum Gasteiger partial charge on any atom is -0.326 e. The lowest BCUT2D eigenvalue weighted by Gasteiger charge is -2.14. The van der Waals surface area contributed by atoms with Crippen molar-refractivity contribution >= 4 is 34.5 Å². The third-order valence-corrected chi connectivity index (χ3v) is 5.91. The van der Waals surface area contributed by atoms with Crippen LogP contribution in [0.15, 0.2) is 23.7 Å². The van der Waals surface area contributed by atoms with Gasteiger partial charge in [0.15, 0.2) is 0 Å². The van der Waals surface area contributed by atoms with Crippen LogP contribution in [0.4, 0.5) is 11.4 Å². The molecule has 2 amide bonds. The maximum Gasteiger partial charge on any atom is 0.227 e. The summed E-state index contributed by atoms with van der Waals surface area (Å²) in [4.78, 5) is 29.8. The Bertz CT molecular complexity index is 794. The van der Waals surface area contributed by atoms with Crippen molar-refractivity contribution < 1.29 is 9.59 Å². The third-order valence-electron chi connectivity index (χ3n) is 4.92. The van der Waals surface area contributed by atoms with E-state index in [2.05, 4.69) is 15.6 Å². The van der Waals surface area contributed by atoms with Gasteiger partial charge < -0.3 is 10.6 Å². The molecule has 1 aliphatic rings. The zero-order chi connectivity index (χ0) is 18.5. The molecule has 1 aromatic heterocycles. The lowest BCUT2D eigenvalue weighted by molar-refractivity contribution is -0.119. The Kier molecular flexibility index (Phi) is 6.04. The summed E-state index contributed by atoms with van der Waals surface area (Å²) < 4.78 is 0. The molecule has 0 spiro atoms. The maximum atomic E-state index is 12.3. The van der Waals surface area contributed by atoms with E-state index >= 15 is 0 Å². The molecule has 1 fully saturated rings. The standard InChI is InChI=1S/C20H25N3O2S/c1-13-11-16(22-19(24)10-9-18-14(2)21-12-26-18)7-8-17(13)23-20(25)15-5-3-4-6-15/h7-8,11-12,15H,3-6,9-10H2,1-2H3,(H,22,24)(H,23,25). The van der Waals surface area contributed by atoms with Gasteiger partial charge in [0.05, 0.1) is 11.2 Å². The van der Waals surface area contributed by atoms with E-state index in [1.54, 1.807) is 11.3 Å². The fraction of sp³-hybridized carbons (Fsp3) is 0.450. The molecular weight excluding hydrogens is 346 g/mol. The van der Waals surface area contributed by atoms with Crippen LogP contribution in [0.5, 0.6) is 0 Å². The Labute approximate surface area is 158 Å². The highest BCUT2D eigenvalue weighted by atomic mass is 32.1. The average Bonchev–Trinajstić information content (AvgIpc) is 3.27. The quantitative estimate of drug-likeness (QED) is 0.787. The number of anilines is 2. The number of carbonyl (C=O) groups is 2. The van der Waals surface area contributed by atoms with Gasteiger partial charge in [-0.3, -0.25) is 9.59 Å². The minimum absolute atomic E-state index is 0.0139. The van der Waals surface area contributed by atoms with Crippen molar-refractivity contribution in [1.29, 1.82) is 0 Å². The van der Waals surface area contributed by atoms with Crippen LogP contribution in [-0.2, 0) is 16.0 Å². The van der Waals surface area contributed by atoms with Gasteiger partial charge in [-0.2, -0.15) is 0 Å². The van der Waals surface area contributed by atoms with Crippen LogP contribution < -0.4 is 10.6 Å². The summed E-state index contributed by atoms with van der Waals surface area (Å²) in [5.41, 5.74) is 5.34. The number of nitrogens with one attached hydrogen (secondary N) is 2. The molecule has 1 heterocycles.